The number of fused-ring (bicyclic) bond motifs is 1. The van der Waals surface area contributed by atoms with Gasteiger partial charge < -0.3 is 4.74 Å². The van der Waals surface area contributed by atoms with E-state index in [9.17, 15) is 9.59 Å². The largest absolute Gasteiger partial charge is 0.461 e. The summed E-state index contributed by atoms with van der Waals surface area (Å²) in [5.41, 5.74) is -0.410. The standard InChI is InChI=1S/C16H24O3/c1-5-16(3,4)15(18)19-14-9-6-10-11(14)7-12(17)13(10)8(9)2/h8-11,13-14H,5-7H2,1-4H3. The van der Waals surface area contributed by atoms with Gasteiger partial charge in [0.05, 0.1) is 5.41 Å². The first kappa shape index (κ1) is 13.1. The molecular formula is C16H24O3. The first-order valence-electron chi connectivity index (χ1n) is 7.60. The molecule has 0 saturated heterocycles. The Kier molecular flexibility index (Phi) is 2.81. The summed E-state index contributed by atoms with van der Waals surface area (Å²) in [5, 5.41) is 0. The van der Waals surface area contributed by atoms with Gasteiger partial charge >= 0.3 is 5.97 Å². The van der Waals surface area contributed by atoms with Crippen LogP contribution in [0.15, 0.2) is 0 Å². The molecule has 6 atom stereocenters. The Morgan fingerprint density at radius 2 is 2.00 bits per heavy atom. The minimum Gasteiger partial charge on any atom is -0.461 e. The van der Waals surface area contributed by atoms with Crippen molar-refractivity contribution < 1.29 is 14.3 Å². The zero-order chi connectivity index (χ0) is 13.9. The van der Waals surface area contributed by atoms with Gasteiger partial charge in [0, 0.05) is 18.3 Å². The number of Topliss-reactive ketones (excluding diaryl/α,β-unsaturated/α-hetero) is 1. The summed E-state index contributed by atoms with van der Waals surface area (Å²) in [6.45, 7) is 8.06. The van der Waals surface area contributed by atoms with E-state index in [1.54, 1.807) is 0 Å². The molecule has 0 N–H and O–H groups in total. The molecule has 0 amide bonds. The highest BCUT2D eigenvalue weighted by molar-refractivity contribution is 5.85. The summed E-state index contributed by atoms with van der Waals surface area (Å²) in [4.78, 5) is 24.3. The van der Waals surface area contributed by atoms with E-state index in [4.69, 9.17) is 4.74 Å². The van der Waals surface area contributed by atoms with E-state index >= 15 is 0 Å². The number of ether oxygens (including phenoxy) is 1. The van der Waals surface area contributed by atoms with Gasteiger partial charge in [-0.1, -0.05) is 13.8 Å². The highest BCUT2D eigenvalue weighted by Crippen LogP contribution is 2.62. The molecule has 0 aromatic rings. The smallest absolute Gasteiger partial charge is 0.311 e. The molecule has 3 aliphatic carbocycles. The first-order chi connectivity index (χ1) is 8.86. The van der Waals surface area contributed by atoms with E-state index in [1.165, 1.54) is 0 Å². The molecule has 106 valence electrons. The fourth-order valence-electron chi connectivity index (χ4n) is 4.54. The monoisotopic (exact) mass is 264 g/mol. The summed E-state index contributed by atoms with van der Waals surface area (Å²) in [5.74, 6) is 2.23. The number of hydrogen-bond acceptors (Lipinski definition) is 3. The second-order valence-electron chi connectivity index (χ2n) is 7.39. The second-order valence-corrected chi connectivity index (χ2v) is 7.39. The van der Waals surface area contributed by atoms with Gasteiger partial charge in [-0.3, -0.25) is 9.59 Å². The average molecular weight is 264 g/mol. The molecule has 3 fully saturated rings. The molecule has 3 aliphatic rings. The molecule has 0 aromatic carbocycles. The lowest BCUT2D eigenvalue weighted by atomic mass is 9.79. The molecular weight excluding hydrogens is 240 g/mol. The van der Waals surface area contributed by atoms with Crippen molar-refractivity contribution in [2.24, 2.45) is 35.0 Å². The topological polar surface area (TPSA) is 43.4 Å². The molecule has 3 nitrogen and oxygen atoms in total. The molecule has 3 saturated carbocycles. The van der Waals surface area contributed by atoms with Crippen LogP contribution in [0.25, 0.3) is 0 Å². The Hall–Kier alpha value is -0.860. The number of esters is 1. The summed E-state index contributed by atoms with van der Waals surface area (Å²) in [6, 6.07) is 0. The van der Waals surface area contributed by atoms with Gasteiger partial charge in [0.1, 0.15) is 11.9 Å². The average Bonchev–Trinajstić information content (AvgIpc) is 2.93. The number of rotatable bonds is 3. The summed E-state index contributed by atoms with van der Waals surface area (Å²) < 4.78 is 5.86. The highest BCUT2D eigenvalue weighted by Gasteiger charge is 2.64. The van der Waals surface area contributed by atoms with Crippen molar-refractivity contribution in [3.8, 4) is 0 Å². The van der Waals surface area contributed by atoms with E-state index in [-0.39, 0.29) is 18.0 Å². The van der Waals surface area contributed by atoms with Crippen molar-refractivity contribution in [3.05, 3.63) is 0 Å². The quantitative estimate of drug-likeness (QED) is 0.736. The molecule has 0 spiro atoms. The predicted molar refractivity (Wildman–Crippen MR) is 71.3 cm³/mol. The van der Waals surface area contributed by atoms with Crippen molar-refractivity contribution in [3.63, 3.8) is 0 Å². The van der Waals surface area contributed by atoms with Gasteiger partial charge in [-0.15, -0.1) is 0 Å². The van der Waals surface area contributed by atoms with Crippen molar-refractivity contribution in [2.75, 3.05) is 0 Å². The van der Waals surface area contributed by atoms with Gasteiger partial charge in [0.15, 0.2) is 0 Å². The second kappa shape index (κ2) is 4.07. The van der Waals surface area contributed by atoms with Crippen LogP contribution in [-0.4, -0.2) is 17.9 Å². The fraction of sp³-hybridized carbons (Fsp3) is 0.875. The Morgan fingerprint density at radius 3 is 2.63 bits per heavy atom. The van der Waals surface area contributed by atoms with Crippen LogP contribution in [0.4, 0.5) is 0 Å². The maximum Gasteiger partial charge on any atom is 0.311 e. The van der Waals surface area contributed by atoms with Crippen molar-refractivity contribution in [2.45, 2.75) is 53.1 Å². The van der Waals surface area contributed by atoms with E-state index in [0.29, 0.717) is 35.9 Å². The maximum absolute atomic E-state index is 12.3. The molecule has 0 aliphatic heterocycles. The number of carbonyl (C=O) groups is 2. The van der Waals surface area contributed by atoms with Crippen LogP contribution < -0.4 is 0 Å². The predicted octanol–water partition coefficient (Wildman–Crippen LogP) is 2.83. The Balaban J connectivity index is 1.78. The Morgan fingerprint density at radius 1 is 1.32 bits per heavy atom. The lowest BCUT2D eigenvalue weighted by Crippen LogP contribution is -2.39. The molecule has 3 rings (SSSR count). The third-order valence-corrected chi connectivity index (χ3v) is 6.13. The van der Waals surface area contributed by atoms with E-state index in [2.05, 4.69) is 6.92 Å². The summed E-state index contributed by atoms with van der Waals surface area (Å²) in [7, 11) is 0. The van der Waals surface area contributed by atoms with Crippen LogP contribution in [0, 0.1) is 35.0 Å². The van der Waals surface area contributed by atoms with Gasteiger partial charge in [0.25, 0.3) is 0 Å². The van der Waals surface area contributed by atoms with Crippen LogP contribution in [0.1, 0.15) is 47.0 Å². The summed E-state index contributed by atoms with van der Waals surface area (Å²) in [6.07, 6.45) is 2.52. The first-order valence-corrected chi connectivity index (χ1v) is 7.60. The highest BCUT2D eigenvalue weighted by atomic mass is 16.5. The molecule has 0 radical (unpaired) electrons. The third-order valence-electron chi connectivity index (χ3n) is 6.13. The minimum absolute atomic E-state index is 0.000949. The number of hydrogen-bond donors (Lipinski definition) is 0. The van der Waals surface area contributed by atoms with Crippen LogP contribution in [0.2, 0.25) is 0 Å². The van der Waals surface area contributed by atoms with Gasteiger partial charge in [-0.2, -0.15) is 0 Å². The van der Waals surface area contributed by atoms with Gasteiger partial charge in [-0.05, 0) is 44.4 Å². The zero-order valence-electron chi connectivity index (χ0n) is 12.3. The molecule has 0 aromatic heterocycles. The zero-order valence-corrected chi connectivity index (χ0v) is 12.3. The van der Waals surface area contributed by atoms with Crippen LogP contribution in [0.3, 0.4) is 0 Å². The van der Waals surface area contributed by atoms with Gasteiger partial charge in [0.2, 0.25) is 0 Å². The summed E-state index contributed by atoms with van der Waals surface area (Å²) >= 11 is 0. The van der Waals surface area contributed by atoms with Crippen LogP contribution >= 0.6 is 0 Å². The van der Waals surface area contributed by atoms with Crippen molar-refractivity contribution in [1.29, 1.82) is 0 Å². The maximum atomic E-state index is 12.3. The third kappa shape index (κ3) is 1.70. The Bertz CT molecular complexity index is 426. The fourth-order valence-corrected chi connectivity index (χ4v) is 4.54. The minimum atomic E-state index is -0.410. The van der Waals surface area contributed by atoms with Crippen molar-refractivity contribution >= 4 is 11.8 Å². The number of carbonyl (C=O) groups excluding carboxylic acids is 2. The van der Waals surface area contributed by atoms with E-state index < -0.39 is 5.41 Å². The Labute approximate surface area is 115 Å². The van der Waals surface area contributed by atoms with Crippen LogP contribution in [-0.2, 0) is 14.3 Å². The van der Waals surface area contributed by atoms with Crippen molar-refractivity contribution in [1.82, 2.24) is 0 Å². The van der Waals surface area contributed by atoms with Gasteiger partial charge in [-0.25, -0.2) is 0 Å². The van der Waals surface area contributed by atoms with E-state index in [1.807, 2.05) is 20.8 Å². The van der Waals surface area contributed by atoms with E-state index in [0.717, 1.165) is 12.8 Å². The lowest BCUT2D eigenvalue weighted by molar-refractivity contribution is -0.166. The van der Waals surface area contributed by atoms with Crippen LogP contribution in [0.5, 0.6) is 0 Å². The molecule has 3 heteroatoms. The molecule has 0 heterocycles. The molecule has 19 heavy (non-hydrogen) atoms. The lowest BCUT2D eigenvalue weighted by Gasteiger charge is -2.34. The normalized spacial score (nSPS) is 43.9. The SMILES string of the molecule is CCC(C)(C)C(=O)OC1C2CC3C1CC(=O)C3C2C. The molecule has 2 bridgehead atoms. The number of ketones is 1. The molecule has 6 unspecified atom stereocenters.